The highest BCUT2D eigenvalue weighted by Crippen LogP contribution is 2.36. The average Bonchev–Trinajstić information content (AvgIpc) is 2.91. The van der Waals surface area contributed by atoms with Gasteiger partial charge < -0.3 is 4.90 Å². The number of hydrogen-bond donors (Lipinski definition) is 2. The maximum Gasteiger partial charge on any atom is 0.323 e. The summed E-state index contributed by atoms with van der Waals surface area (Å²) in [5.41, 5.74) is -0.431. The average molecular weight is 209 g/mol. The standard InChI is InChI=1S/C11H19N3O/c1-7(2)11(3)9(12)13-10(15)14(11)6-8-4-5-8/h7-8H,4-6H2,1-3H3,(H2,12,13,15). The van der Waals surface area contributed by atoms with Crippen molar-refractivity contribution in [1.82, 2.24) is 10.2 Å². The minimum atomic E-state index is -0.431. The lowest BCUT2D eigenvalue weighted by molar-refractivity contribution is 0.151. The topological polar surface area (TPSA) is 56.2 Å². The summed E-state index contributed by atoms with van der Waals surface area (Å²) in [7, 11) is 0. The molecule has 2 N–H and O–H groups in total. The molecule has 2 rings (SSSR count). The van der Waals surface area contributed by atoms with Crippen LogP contribution < -0.4 is 5.32 Å². The molecule has 1 unspecified atom stereocenters. The second kappa shape index (κ2) is 3.22. The molecule has 2 aliphatic rings. The number of nitrogens with one attached hydrogen (secondary N) is 2. The number of hydrogen-bond acceptors (Lipinski definition) is 2. The second-order valence-corrected chi connectivity index (χ2v) is 5.16. The molecule has 0 bridgehead atoms. The van der Waals surface area contributed by atoms with Gasteiger partial charge >= 0.3 is 6.03 Å². The van der Waals surface area contributed by atoms with Gasteiger partial charge in [-0.1, -0.05) is 13.8 Å². The third-order valence-electron chi connectivity index (χ3n) is 3.81. The third-order valence-corrected chi connectivity index (χ3v) is 3.81. The molecule has 2 fully saturated rings. The van der Waals surface area contributed by atoms with Crippen molar-refractivity contribution in [2.45, 2.75) is 39.2 Å². The molecule has 0 aromatic heterocycles. The number of carbonyl (C=O) groups is 1. The predicted molar refractivity (Wildman–Crippen MR) is 58.9 cm³/mol. The summed E-state index contributed by atoms with van der Waals surface area (Å²) in [6.07, 6.45) is 2.45. The molecule has 1 atom stereocenters. The van der Waals surface area contributed by atoms with Gasteiger partial charge in [0.2, 0.25) is 0 Å². The minimum absolute atomic E-state index is 0.0944. The molecule has 15 heavy (non-hydrogen) atoms. The summed E-state index contributed by atoms with van der Waals surface area (Å²) in [6.45, 7) is 6.92. The van der Waals surface area contributed by atoms with Gasteiger partial charge in [0.25, 0.3) is 0 Å². The van der Waals surface area contributed by atoms with Gasteiger partial charge in [-0.2, -0.15) is 0 Å². The van der Waals surface area contributed by atoms with E-state index in [0.29, 0.717) is 11.8 Å². The van der Waals surface area contributed by atoms with E-state index >= 15 is 0 Å². The fourth-order valence-corrected chi connectivity index (χ4v) is 2.08. The van der Waals surface area contributed by atoms with Crippen LogP contribution in [0.25, 0.3) is 0 Å². The minimum Gasteiger partial charge on any atom is -0.311 e. The Hall–Kier alpha value is -1.06. The SMILES string of the molecule is CC(C)C1(C)C(=N)NC(=O)N1CC1CC1. The quantitative estimate of drug-likeness (QED) is 0.731. The molecule has 1 saturated heterocycles. The Balaban J connectivity index is 2.23. The zero-order valence-electron chi connectivity index (χ0n) is 9.63. The zero-order chi connectivity index (χ0) is 11.2. The molecule has 4 nitrogen and oxygen atoms in total. The van der Waals surface area contributed by atoms with Crippen molar-refractivity contribution in [3.05, 3.63) is 0 Å². The van der Waals surface area contributed by atoms with Crippen LogP contribution in [-0.2, 0) is 0 Å². The van der Waals surface area contributed by atoms with Crippen LogP contribution in [0.5, 0.6) is 0 Å². The monoisotopic (exact) mass is 209 g/mol. The summed E-state index contributed by atoms with van der Waals surface area (Å²) >= 11 is 0. The lowest BCUT2D eigenvalue weighted by Crippen LogP contribution is -2.51. The Kier molecular flexibility index (Phi) is 2.24. The normalized spacial score (nSPS) is 31.3. The fraction of sp³-hybridized carbons (Fsp3) is 0.818. The largest absolute Gasteiger partial charge is 0.323 e. The molecular weight excluding hydrogens is 190 g/mol. The van der Waals surface area contributed by atoms with Crippen LogP contribution in [0, 0.1) is 17.2 Å². The van der Waals surface area contributed by atoms with Crippen LogP contribution in [0.1, 0.15) is 33.6 Å². The Labute approximate surface area is 90.5 Å². The number of urea groups is 1. The van der Waals surface area contributed by atoms with Gasteiger partial charge in [-0.05, 0) is 31.6 Å². The van der Waals surface area contributed by atoms with Gasteiger partial charge in [-0.15, -0.1) is 0 Å². The summed E-state index contributed by atoms with van der Waals surface area (Å²) in [6, 6.07) is -0.0944. The van der Waals surface area contributed by atoms with Crippen molar-refractivity contribution < 1.29 is 4.79 Å². The lowest BCUT2D eigenvalue weighted by Gasteiger charge is -2.36. The number of rotatable bonds is 3. The van der Waals surface area contributed by atoms with Crippen LogP contribution in [0.15, 0.2) is 0 Å². The summed E-state index contributed by atoms with van der Waals surface area (Å²) < 4.78 is 0. The number of amides is 2. The Morgan fingerprint density at radius 3 is 2.67 bits per heavy atom. The molecular formula is C11H19N3O. The highest BCUT2D eigenvalue weighted by atomic mass is 16.2. The molecule has 0 radical (unpaired) electrons. The van der Waals surface area contributed by atoms with E-state index in [0.717, 1.165) is 6.54 Å². The first-order valence-corrected chi connectivity index (χ1v) is 5.64. The van der Waals surface area contributed by atoms with Crippen molar-refractivity contribution in [3.63, 3.8) is 0 Å². The molecule has 84 valence electrons. The zero-order valence-corrected chi connectivity index (χ0v) is 9.63. The predicted octanol–water partition coefficient (Wildman–Crippen LogP) is 1.81. The highest BCUT2D eigenvalue weighted by Gasteiger charge is 2.49. The molecule has 2 amide bonds. The number of carbonyl (C=O) groups excluding carboxylic acids is 1. The number of nitrogens with zero attached hydrogens (tertiary/aromatic N) is 1. The highest BCUT2D eigenvalue weighted by molar-refractivity contribution is 6.08. The van der Waals surface area contributed by atoms with Gasteiger partial charge in [0, 0.05) is 6.54 Å². The first kappa shape index (κ1) is 10.5. The smallest absolute Gasteiger partial charge is 0.311 e. The maximum absolute atomic E-state index is 11.7. The van der Waals surface area contributed by atoms with Gasteiger partial charge in [0.05, 0.1) is 0 Å². The third kappa shape index (κ3) is 1.52. The Morgan fingerprint density at radius 1 is 1.60 bits per heavy atom. The molecule has 1 aliphatic carbocycles. The summed E-state index contributed by atoms with van der Waals surface area (Å²) in [4.78, 5) is 13.6. The van der Waals surface area contributed by atoms with Crippen LogP contribution in [0.4, 0.5) is 4.79 Å². The van der Waals surface area contributed by atoms with Crippen LogP contribution in [0.2, 0.25) is 0 Å². The molecule has 0 aromatic carbocycles. The van der Waals surface area contributed by atoms with Gasteiger partial charge in [0.1, 0.15) is 11.4 Å². The van der Waals surface area contributed by atoms with Crippen LogP contribution in [-0.4, -0.2) is 28.9 Å². The molecule has 1 heterocycles. The molecule has 1 aliphatic heterocycles. The first-order chi connectivity index (χ1) is 6.96. The van der Waals surface area contributed by atoms with Gasteiger partial charge in [-0.3, -0.25) is 10.7 Å². The van der Waals surface area contributed by atoms with Crippen LogP contribution >= 0.6 is 0 Å². The Bertz CT molecular complexity index is 309. The van der Waals surface area contributed by atoms with Crippen LogP contribution in [0.3, 0.4) is 0 Å². The van der Waals surface area contributed by atoms with E-state index in [1.807, 2.05) is 11.8 Å². The fourth-order valence-electron chi connectivity index (χ4n) is 2.08. The van der Waals surface area contributed by atoms with E-state index in [9.17, 15) is 4.79 Å². The lowest BCUT2D eigenvalue weighted by atomic mass is 9.86. The second-order valence-electron chi connectivity index (χ2n) is 5.16. The van der Waals surface area contributed by atoms with Gasteiger partial charge in [0.15, 0.2) is 0 Å². The van der Waals surface area contributed by atoms with Crippen molar-refractivity contribution >= 4 is 11.9 Å². The molecule has 0 spiro atoms. The maximum atomic E-state index is 11.7. The van der Waals surface area contributed by atoms with E-state index in [1.165, 1.54) is 12.8 Å². The molecule has 0 aromatic rings. The van der Waals surface area contributed by atoms with Gasteiger partial charge in [-0.25, -0.2) is 4.79 Å². The van der Waals surface area contributed by atoms with Crippen molar-refractivity contribution in [3.8, 4) is 0 Å². The van der Waals surface area contributed by atoms with E-state index in [1.54, 1.807) is 0 Å². The molecule has 4 heteroatoms. The number of amidine groups is 1. The van der Waals surface area contributed by atoms with Crippen molar-refractivity contribution in [2.24, 2.45) is 11.8 Å². The van der Waals surface area contributed by atoms with E-state index in [-0.39, 0.29) is 11.9 Å². The van der Waals surface area contributed by atoms with E-state index in [4.69, 9.17) is 5.41 Å². The van der Waals surface area contributed by atoms with Crippen molar-refractivity contribution in [2.75, 3.05) is 6.54 Å². The first-order valence-electron chi connectivity index (χ1n) is 5.64. The summed E-state index contributed by atoms with van der Waals surface area (Å²) in [5.74, 6) is 1.28. The molecule has 1 saturated carbocycles. The van der Waals surface area contributed by atoms with E-state index < -0.39 is 5.54 Å². The summed E-state index contributed by atoms with van der Waals surface area (Å²) in [5, 5.41) is 10.5. The van der Waals surface area contributed by atoms with Crippen molar-refractivity contribution in [1.29, 1.82) is 5.41 Å². The van der Waals surface area contributed by atoms with E-state index in [2.05, 4.69) is 19.2 Å². The Morgan fingerprint density at radius 2 is 2.20 bits per heavy atom.